The van der Waals surface area contributed by atoms with Gasteiger partial charge in [0.2, 0.25) is 10.0 Å². The highest BCUT2D eigenvalue weighted by Gasteiger charge is 2.20. The van der Waals surface area contributed by atoms with E-state index in [1.54, 1.807) is 26.0 Å². The second-order valence-electron chi connectivity index (χ2n) is 7.97. The average molecular weight is 452 g/mol. The van der Waals surface area contributed by atoms with Gasteiger partial charge in [0.25, 0.3) is 5.91 Å². The number of benzene rings is 3. The molecular formula is C25H29N3O3S. The molecular weight excluding hydrogens is 422 g/mol. The molecule has 0 fully saturated rings. The standard InChI is InChI=1S/C25H29N3O3S/c1-18(2)28-32(30,31)24-15-22(25(29)27-19(3)21-12-8-5-9-13-21)14-23(16-24)26-17-20-10-6-4-7-11-20/h4-16,18-19,26,28H,17H2,1-3H3,(H,27,29)/t19-/m0/s1. The van der Waals surface area contributed by atoms with E-state index in [1.165, 1.54) is 6.07 Å². The van der Waals surface area contributed by atoms with Gasteiger partial charge in [0, 0.05) is 23.8 Å². The summed E-state index contributed by atoms with van der Waals surface area (Å²) in [5.74, 6) is -0.342. The minimum absolute atomic E-state index is 0.0433. The summed E-state index contributed by atoms with van der Waals surface area (Å²) in [4.78, 5) is 13.0. The summed E-state index contributed by atoms with van der Waals surface area (Å²) in [6, 6.07) is 23.5. The lowest BCUT2D eigenvalue weighted by atomic mass is 10.1. The van der Waals surface area contributed by atoms with Gasteiger partial charge in [-0.05, 0) is 50.1 Å². The third-order valence-electron chi connectivity index (χ3n) is 4.86. The molecule has 0 unspecified atom stereocenters. The highest BCUT2D eigenvalue weighted by atomic mass is 32.2. The molecule has 0 aliphatic heterocycles. The Morgan fingerprint density at radius 1 is 0.875 bits per heavy atom. The fourth-order valence-corrected chi connectivity index (χ4v) is 4.59. The Morgan fingerprint density at radius 2 is 1.50 bits per heavy atom. The summed E-state index contributed by atoms with van der Waals surface area (Å²) >= 11 is 0. The zero-order valence-corrected chi connectivity index (χ0v) is 19.3. The molecule has 3 rings (SSSR count). The summed E-state index contributed by atoms with van der Waals surface area (Å²) in [5, 5.41) is 6.19. The first-order valence-corrected chi connectivity index (χ1v) is 12.0. The van der Waals surface area contributed by atoms with Crippen molar-refractivity contribution in [2.24, 2.45) is 0 Å². The van der Waals surface area contributed by atoms with E-state index in [9.17, 15) is 13.2 Å². The molecule has 0 heterocycles. The molecule has 3 aromatic rings. The number of anilines is 1. The van der Waals surface area contributed by atoms with Crippen molar-refractivity contribution in [3.8, 4) is 0 Å². The largest absolute Gasteiger partial charge is 0.381 e. The van der Waals surface area contributed by atoms with E-state index in [2.05, 4.69) is 15.4 Å². The quantitative estimate of drug-likeness (QED) is 0.448. The molecule has 168 valence electrons. The van der Waals surface area contributed by atoms with Gasteiger partial charge >= 0.3 is 0 Å². The number of sulfonamides is 1. The number of amides is 1. The summed E-state index contributed by atoms with van der Waals surface area (Å²) in [7, 11) is -3.77. The van der Waals surface area contributed by atoms with E-state index in [1.807, 2.05) is 67.6 Å². The Kier molecular flexibility index (Phi) is 7.66. The molecule has 3 N–H and O–H groups in total. The highest BCUT2D eigenvalue weighted by molar-refractivity contribution is 7.89. The molecule has 32 heavy (non-hydrogen) atoms. The Morgan fingerprint density at radius 3 is 2.12 bits per heavy atom. The van der Waals surface area contributed by atoms with Gasteiger partial charge in [-0.15, -0.1) is 0 Å². The molecule has 0 aliphatic rings. The molecule has 7 heteroatoms. The van der Waals surface area contributed by atoms with Crippen LogP contribution in [0.2, 0.25) is 0 Å². The Bertz CT molecular complexity index is 1150. The van der Waals surface area contributed by atoms with E-state index >= 15 is 0 Å². The lowest BCUT2D eigenvalue weighted by Gasteiger charge is -2.17. The van der Waals surface area contributed by atoms with Crippen molar-refractivity contribution in [1.82, 2.24) is 10.0 Å². The van der Waals surface area contributed by atoms with Crippen LogP contribution in [0, 0.1) is 0 Å². The van der Waals surface area contributed by atoms with Gasteiger partial charge in [0.1, 0.15) is 0 Å². The van der Waals surface area contributed by atoms with Crippen molar-refractivity contribution in [1.29, 1.82) is 0 Å². The maximum absolute atomic E-state index is 13.0. The number of rotatable bonds is 9. The van der Waals surface area contributed by atoms with Crippen molar-refractivity contribution < 1.29 is 13.2 Å². The van der Waals surface area contributed by atoms with Crippen LogP contribution in [-0.4, -0.2) is 20.4 Å². The summed E-state index contributed by atoms with van der Waals surface area (Å²) in [6.45, 7) is 5.90. The van der Waals surface area contributed by atoms with Crippen LogP contribution in [0.15, 0.2) is 83.8 Å². The molecule has 0 saturated carbocycles. The third kappa shape index (κ3) is 6.42. The van der Waals surface area contributed by atoms with Crippen molar-refractivity contribution in [2.45, 2.75) is 44.3 Å². The number of carbonyl (C=O) groups is 1. The molecule has 6 nitrogen and oxygen atoms in total. The van der Waals surface area contributed by atoms with E-state index in [0.29, 0.717) is 12.2 Å². The first kappa shape index (κ1) is 23.5. The zero-order chi connectivity index (χ0) is 23.1. The topological polar surface area (TPSA) is 87.3 Å². The van der Waals surface area contributed by atoms with Crippen LogP contribution in [0.25, 0.3) is 0 Å². The normalized spacial score (nSPS) is 12.4. The van der Waals surface area contributed by atoms with Crippen molar-refractivity contribution in [2.75, 3.05) is 5.32 Å². The van der Waals surface area contributed by atoms with Gasteiger partial charge in [-0.3, -0.25) is 4.79 Å². The Balaban J connectivity index is 1.89. The second-order valence-corrected chi connectivity index (χ2v) is 9.68. The van der Waals surface area contributed by atoms with Crippen LogP contribution in [0.3, 0.4) is 0 Å². The van der Waals surface area contributed by atoms with Crippen LogP contribution < -0.4 is 15.4 Å². The van der Waals surface area contributed by atoms with Crippen LogP contribution in [0.1, 0.15) is 48.3 Å². The minimum Gasteiger partial charge on any atom is -0.381 e. The van der Waals surface area contributed by atoms with Crippen LogP contribution in [-0.2, 0) is 16.6 Å². The smallest absolute Gasteiger partial charge is 0.251 e. The lowest BCUT2D eigenvalue weighted by molar-refractivity contribution is 0.0939. The SMILES string of the molecule is CC(C)NS(=O)(=O)c1cc(NCc2ccccc2)cc(C(=O)N[C@@H](C)c2ccccc2)c1. The third-order valence-corrected chi connectivity index (χ3v) is 6.49. The van der Waals surface area contributed by atoms with Crippen LogP contribution in [0.4, 0.5) is 5.69 Å². The Labute approximate surface area is 190 Å². The van der Waals surface area contributed by atoms with Crippen molar-refractivity contribution in [3.63, 3.8) is 0 Å². The maximum atomic E-state index is 13.0. The molecule has 0 spiro atoms. The van der Waals surface area contributed by atoms with Gasteiger partial charge < -0.3 is 10.6 Å². The van der Waals surface area contributed by atoms with Gasteiger partial charge in [0.15, 0.2) is 0 Å². The van der Waals surface area contributed by atoms with E-state index in [-0.39, 0.29) is 28.4 Å². The summed E-state index contributed by atoms with van der Waals surface area (Å²) in [5.41, 5.74) is 2.84. The van der Waals surface area contributed by atoms with E-state index < -0.39 is 10.0 Å². The predicted molar refractivity (Wildman–Crippen MR) is 128 cm³/mol. The molecule has 1 atom stereocenters. The second kappa shape index (κ2) is 10.4. The number of carbonyl (C=O) groups excluding carboxylic acids is 1. The zero-order valence-electron chi connectivity index (χ0n) is 18.5. The molecule has 0 aromatic heterocycles. The monoisotopic (exact) mass is 451 g/mol. The molecule has 0 saturated heterocycles. The molecule has 0 bridgehead atoms. The summed E-state index contributed by atoms with van der Waals surface area (Å²) in [6.07, 6.45) is 0. The molecule has 0 aliphatic carbocycles. The number of hydrogen-bond donors (Lipinski definition) is 3. The minimum atomic E-state index is -3.77. The van der Waals surface area contributed by atoms with Gasteiger partial charge in [0.05, 0.1) is 10.9 Å². The number of nitrogens with one attached hydrogen (secondary N) is 3. The average Bonchev–Trinajstić information content (AvgIpc) is 2.78. The highest BCUT2D eigenvalue weighted by Crippen LogP contribution is 2.21. The molecule has 3 aromatic carbocycles. The van der Waals surface area contributed by atoms with Crippen molar-refractivity contribution in [3.05, 3.63) is 95.6 Å². The van der Waals surface area contributed by atoms with E-state index in [0.717, 1.165) is 11.1 Å². The molecule has 0 radical (unpaired) electrons. The predicted octanol–water partition coefficient (Wildman–Crippen LogP) is 4.48. The fraction of sp³-hybridized carbons (Fsp3) is 0.240. The Hall–Kier alpha value is -3.16. The van der Waals surface area contributed by atoms with Crippen LogP contribution >= 0.6 is 0 Å². The van der Waals surface area contributed by atoms with Gasteiger partial charge in [-0.2, -0.15) is 0 Å². The molecule has 1 amide bonds. The summed E-state index contributed by atoms with van der Waals surface area (Å²) < 4.78 is 28.2. The lowest BCUT2D eigenvalue weighted by Crippen LogP contribution is -2.31. The fourth-order valence-electron chi connectivity index (χ4n) is 3.27. The van der Waals surface area contributed by atoms with Gasteiger partial charge in [-0.1, -0.05) is 60.7 Å². The first-order valence-electron chi connectivity index (χ1n) is 10.6. The maximum Gasteiger partial charge on any atom is 0.251 e. The van der Waals surface area contributed by atoms with E-state index in [4.69, 9.17) is 0 Å². The first-order chi connectivity index (χ1) is 15.2. The van der Waals surface area contributed by atoms with Crippen molar-refractivity contribution >= 4 is 21.6 Å². The van der Waals surface area contributed by atoms with Gasteiger partial charge in [-0.25, -0.2) is 13.1 Å². The number of hydrogen-bond acceptors (Lipinski definition) is 4. The van der Waals surface area contributed by atoms with Crippen LogP contribution in [0.5, 0.6) is 0 Å².